The van der Waals surface area contributed by atoms with Crippen LogP contribution in [0, 0.1) is 25.3 Å². The van der Waals surface area contributed by atoms with Gasteiger partial charge in [0.1, 0.15) is 8.07 Å². The fraction of sp³-hybridized carbons (Fsp3) is 0.444. The van der Waals surface area contributed by atoms with Gasteiger partial charge in [0.25, 0.3) is 0 Å². The van der Waals surface area contributed by atoms with Gasteiger partial charge in [-0.1, -0.05) is 50.0 Å². The van der Waals surface area contributed by atoms with Crippen LogP contribution in [0.5, 0.6) is 0 Å². The van der Waals surface area contributed by atoms with Crippen LogP contribution < -0.4 is 0 Å². The average molecular weight is 434 g/mol. The normalized spacial score (nSPS) is 14.7. The van der Waals surface area contributed by atoms with Gasteiger partial charge in [-0.25, -0.2) is 0 Å². The van der Waals surface area contributed by atoms with Crippen LogP contribution in [-0.2, 0) is 24.1 Å². The highest BCUT2D eigenvalue weighted by Crippen LogP contribution is 2.19. The number of rotatable bonds is 6. The van der Waals surface area contributed by atoms with Gasteiger partial charge in [-0.05, 0) is 47.7 Å². The fourth-order valence-corrected chi connectivity index (χ4v) is 4.47. The van der Waals surface area contributed by atoms with Gasteiger partial charge < -0.3 is 4.74 Å². The molecular weight excluding hydrogens is 398 g/mol. The van der Waals surface area contributed by atoms with Crippen molar-refractivity contribution >= 4 is 13.9 Å². The van der Waals surface area contributed by atoms with Crippen molar-refractivity contribution in [3.63, 3.8) is 0 Å². The molecule has 4 heteroatoms. The van der Waals surface area contributed by atoms with Crippen LogP contribution in [0.4, 0.5) is 0 Å². The van der Waals surface area contributed by atoms with E-state index in [-0.39, 0.29) is 5.78 Å². The van der Waals surface area contributed by atoms with Crippen LogP contribution in [0.25, 0.3) is 0 Å². The summed E-state index contributed by atoms with van der Waals surface area (Å²) in [5.41, 5.74) is 10.0. The van der Waals surface area contributed by atoms with Gasteiger partial charge in [0.15, 0.2) is 5.78 Å². The van der Waals surface area contributed by atoms with Crippen molar-refractivity contribution in [3.8, 4) is 11.5 Å². The lowest BCUT2D eigenvalue weighted by Gasteiger charge is -2.26. The number of benzene rings is 2. The molecule has 0 bridgehead atoms. The third-order valence-electron chi connectivity index (χ3n) is 5.62. The number of nitrogens with zero attached hydrogens (tertiary/aromatic N) is 1. The Hall–Kier alpha value is -2.19. The van der Waals surface area contributed by atoms with Gasteiger partial charge in [-0.15, -0.1) is 11.5 Å². The minimum atomic E-state index is -1.38. The summed E-state index contributed by atoms with van der Waals surface area (Å²) in [6.07, 6.45) is 1.15. The summed E-state index contributed by atoms with van der Waals surface area (Å²) < 4.78 is 5.42. The Morgan fingerprint density at radius 3 is 2.29 bits per heavy atom. The van der Waals surface area contributed by atoms with Gasteiger partial charge in [0.2, 0.25) is 0 Å². The summed E-state index contributed by atoms with van der Waals surface area (Å²) in [6.45, 7) is 15.4. The molecule has 3 rings (SSSR count). The zero-order chi connectivity index (χ0) is 22.4. The van der Waals surface area contributed by atoms with Crippen molar-refractivity contribution in [2.24, 2.45) is 0 Å². The molecule has 0 aromatic heterocycles. The molecule has 0 N–H and O–H groups in total. The fourth-order valence-electron chi connectivity index (χ4n) is 3.85. The van der Waals surface area contributed by atoms with Crippen LogP contribution in [0.3, 0.4) is 0 Å². The Morgan fingerprint density at radius 1 is 1.00 bits per heavy atom. The van der Waals surface area contributed by atoms with Crippen LogP contribution in [0.15, 0.2) is 36.4 Å². The molecule has 1 heterocycles. The maximum Gasteiger partial charge on any atom is 0.167 e. The van der Waals surface area contributed by atoms with Crippen molar-refractivity contribution < 1.29 is 9.53 Å². The first-order valence-corrected chi connectivity index (χ1v) is 14.7. The lowest BCUT2D eigenvalue weighted by atomic mass is 9.93. The van der Waals surface area contributed by atoms with Crippen molar-refractivity contribution in [1.82, 2.24) is 4.90 Å². The van der Waals surface area contributed by atoms with Crippen LogP contribution >= 0.6 is 0 Å². The van der Waals surface area contributed by atoms with Crippen molar-refractivity contribution in [1.29, 1.82) is 0 Å². The molecule has 3 nitrogen and oxygen atoms in total. The minimum Gasteiger partial charge on any atom is -0.379 e. The van der Waals surface area contributed by atoms with Gasteiger partial charge >= 0.3 is 0 Å². The summed E-state index contributed by atoms with van der Waals surface area (Å²) in [5.74, 6) is 3.52. The molecule has 1 aliphatic heterocycles. The van der Waals surface area contributed by atoms with E-state index in [9.17, 15) is 4.79 Å². The topological polar surface area (TPSA) is 29.5 Å². The van der Waals surface area contributed by atoms with E-state index in [1.54, 1.807) is 0 Å². The SMILES string of the molecule is Cc1cc(C)c(C(=O)Cc2ccc(CN3CCOCC3)cc2)cc1CC#C[Si](C)(C)C. The number of Topliss-reactive ketones (excluding diaryl/α,β-unsaturated/α-hetero) is 1. The number of hydrogen-bond acceptors (Lipinski definition) is 3. The molecule has 0 atom stereocenters. The largest absolute Gasteiger partial charge is 0.379 e. The minimum absolute atomic E-state index is 0.179. The Balaban J connectivity index is 1.67. The molecule has 0 radical (unpaired) electrons. The Labute approximate surface area is 188 Å². The summed E-state index contributed by atoms with van der Waals surface area (Å²) in [7, 11) is -1.38. The molecule has 0 unspecified atom stereocenters. The quantitative estimate of drug-likeness (QED) is 0.365. The van der Waals surface area contributed by atoms with Gasteiger partial charge in [-0.3, -0.25) is 9.69 Å². The number of morpholine rings is 1. The first-order valence-electron chi connectivity index (χ1n) is 11.2. The number of aryl methyl sites for hydroxylation is 2. The third-order valence-corrected chi connectivity index (χ3v) is 6.55. The molecule has 31 heavy (non-hydrogen) atoms. The van der Waals surface area contributed by atoms with Crippen molar-refractivity contribution in [2.45, 2.75) is 52.9 Å². The second-order valence-corrected chi connectivity index (χ2v) is 14.4. The van der Waals surface area contributed by atoms with Gasteiger partial charge in [-0.2, -0.15) is 0 Å². The molecule has 1 fully saturated rings. The Kier molecular flexibility index (Phi) is 7.88. The Morgan fingerprint density at radius 2 is 1.65 bits per heavy atom. The lowest BCUT2D eigenvalue weighted by Crippen LogP contribution is -2.35. The van der Waals surface area contributed by atoms with Crippen LogP contribution in [0.1, 0.15) is 38.2 Å². The number of ketones is 1. The maximum absolute atomic E-state index is 13.1. The highest BCUT2D eigenvalue weighted by atomic mass is 28.3. The molecular formula is C27H35NO2Si. The summed E-state index contributed by atoms with van der Waals surface area (Å²) in [6, 6.07) is 12.7. The smallest absolute Gasteiger partial charge is 0.167 e. The number of carbonyl (C=O) groups excluding carboxylic acids is 1. The first-order chi connectivity index (χ1) is 14.7. The molecule has 0 amide bonds. The predicted octanol–water partition coefficient (Wildman–Crippen LogP) is 4.98. The third kappa shape index (κ3) is 7.17. The number of ether oxygens (including phenoxy) is 1. The van der Waals surface area contributed by atoms with E-state index in [1.165, 1.54) is 16.7 Å². The van der Waals surface area contributed by atoms with Crippen molar-refractivity contribution in [2.75, 3.05) is 26.3 Å². The molecule has 0 spiro atoms. The summed E-state index contributed by atoms with van der Waals surface area (Å²) >= 11 is 0. The number of hydrogen-bond donors (Lipinski definition) is 0. The molecule has 0 saturated carbocycles. The second-order valence-electron chi connectivity index (χ2n) is 9.63. The van der Waals surface area contributed by atoms with Crippen LogP contribution in [-0.4, -0.2) is 45.1 Å². The van der Waals surface area contributed by atoms with E-state index in [0.717, 1.165) is 49.5 Å². The zero-order valence-corrected chi connectivity index (χ0v) is 20.7. The molecule has 0 aliphatic carbocycles. The maximum atomic E-state index is 13.1. The van der Waals surface area contributed by atoms with E-state index in [4.69, 9.17) is 4.74 Å². The average Bonchev–Trinajstić information content (AvgIpc) is 2.71. The monoisotopic (exact) mass is 433 g/mol. The highest BCUT2D eigenvalue weighted by Gasteiger charge is 2.14. The van der Waals surface area contributed by atoms with Gasteiger partial charge in [0.05, 0.1) is 13.2 Å². The molecule has 1 saturated heterocycles. The van der Waals surface area contributed by atoms with E-state index in [0.29, 0.717) is 12.8 Å². The van der Waals surface area contributed by atoms with Crippen molar-refractivity contribution in [3.05, 3.63) is 69.8 Å². The van der Waals surface area contributed by atoms with E-state index >= 15 is 0 Å². The standard InChI is InChI=1S/C27H35NO2Si/c1-21-17-22(2)26(19-25(21)7-6-16-31(3,4)5)27(29)18-23-8-10-24(11-9-23)20-28-12-14-30-15-13-28/h8-11,17,19H,7,12-15,18,20H2,1-5H3. The summed E-state index contributed by atoms with van der Waals surface area (Å²) in [5, 5.41) is 0. The molecule has 164 valence electrons. The summed E-state index contributed by atoms with van der Waals surface area (Å²) in [4.78, 5) is 15.5. The van der Waals surface area contributed by atoms with E-state index in [1.807, 2.05) is 6.92 Å². The van der Waals surface area contributed by atoms with Crippen LogP contribution in [0.2, 0.25) is 19.6 Å². The molecule has 1 aliphatic rings. The zero-order valence-electron chi connectivity index (χ0n) is 19.7. The Bertz CT molecular complexity index is 971. The lowest BCUT2D eigenvalue weighted by molar-refractivity contribution is 0.0342. The number of carbonyl (C=O) groups is 1. The second kappa shape index (κ2) is 10.4. The highest BCUT2D eigenvalue weighted by molar-refractivity contribution is 6.83. The predicted molar refractivity (Wildman–Crippen MR) is 131 cm³/mol. The van der Waals surface area contributed by atoms with E-state index in [2.05, 4.69) is 79.3 Å². The van der Waals surface area contributed by atoms with Gasteiger partial charge in [0, 0.05) is 38.0 Å². The first kappa shape index (κ1) is 23.5. The molecule has 2 aromatic rings. The van der Waals surface area contributed by atoms with E-state index < -0.39 is 8.07 Å². The molecule has 2 aromatic carbocycles.